The fourth-order valence-electron chi connectivity index (χ4n) is 2.66. The van der Waals surface area contributed by atoms with Crippen molar-refractivity contribution in [2.75, 3.05) is 13.6 Å². The highest BCUT2D eigenvalue weighted by molar-refractivity contribution is 5.81. The number of primary amides is 1. The lowest BCUT2D eigenvalue weighted by molar-refractivity contribution is -0.137. The number of benzene rings is 2. The van der Waals surface area contributed by atoms with Crippen LogP contribution in [-0.4, -0.2) is 25.5 Å². The largest absolute Gasteiger partial charge is 0.416 e. The van der Waals surface area contributed by atoms with E-state index in [0.717, 1.165) is 17.7 Å². The molecule has 0 spiro atoms. The zero-order valence-electron chi connectivity index (χ0n) is 15.8. The third-order valence-corrected chi connectivity index (χ3v) is 4.25. The Labute approximate surface area is 166 Å². The van der Waals surface area contributed by atoms with Gasteiger partial charge in [0.15, 0.2) is 5.96 Å². The molecule has 0 aliphatic heterocycles. The van der Waals surface area contributed by atoms with Crippen molar-refractivity contribution in [2.24, 2.45) is 16.6 Å². The van der Waals surface area contributed by atoms with Crippen LogP contribution in [0.1, 0.15) is 16.7 Å². The molecule has 2 aromatic rings. The standard InChI is InChI=1S/C20H22F4N4O/c1-26-19(27-11-14-3-2-4-16(10-14)20(22,23)24)28-12-15(18(25)29)9-13-5-7-17(21)8-6-13/h2-8,10,15H,9,11-12H2,1H3,(H2,25,29)(H2,26,27,28). The Hall–Kier alpha value is -3.10. The zero-order chi connectivity index (χ0) is 21.4. The molecule has 4 N–H and O–H groups in total. The molecule has 0 aliphatic rings. The molecule has 0 saturated heterocycles. The minimum atomic E-state index is -4.41. The molecule has 156 valence electrons. The highest BCUT2D eigenvalue weighted by Gasteiger charge is 2.30. The molecular weight excluding hydrogens is 388 g/mol. The van der Waals surface area contributed by atoms with E-state index >= 15 is 0 Å². The average molecular weight is 410 g/mol. The lowest BCUT2D eigenvalue weighted by atomic mass is 9.98. The molecule has 0 aromatic heterocycles. The number of aliphatic imine (C=N–C) groups is 1. The predicted octanol–water partition coefficient (Wildman–Crippen LogP) is 2.85. The monoisotopic (exact) mass is 410 g/mol. The maximum atomic E-state index is 13.0. The second kappa shape index (κ2) is 9.90. The van der Waals surface area contributed by atoms with Gasteiger partial charge in [0, 0.05) is 20.1 Å². The Morgan fingerprint density at radius 2 is 1.79 bits per heavy atom. The van der Waals surface area contributed by atoms with Crippen LogP contribution in [0.5, 0.6) is 0 Å². The number of carbonyl (C=O) groups excluding carboxylic acids is 1. The average Bonchev–Trinajstić information content (AvgIpc) is 2.68. The van der Waals surface area contributed by atoms with Gasteiger partial charge in [-0.05, 0) is 41.8 Å². The van der Waals surface area contributed by atoms with Crippen molar-refractivity contribution in [1.29, 1.82) is 0 Å². The summed E-state index contributed by atoms with van der Waals surface area (Å²) in [6.45, 7) is 0.276. The fourth-order valence-corrected chi connectivity index (χ4v) is 2.66. The van der Waals surface area contributed by atoms with Crippen LogP contribution in [0.15, 0.2) is 53.5 Å². The lowest BCUT2D eigenvalue weighted by Gasteiger charge is -2.17. The maximum Gasteiger partial charge on any atom is 0.416 e. The predicted molar refractivity (Wildman–Crippen MR) is 102 cm³/mol. The maximum absolute atomic E-state index is 13.0. The van der Waals surface area contributed by atoms with E-state index in [1.807, 2.05) is 0 Å². The molecule has 5 nitrogen and oxygen atoms in total. The molecule has 9 heteroatoms. The number of carbonyl (C=O) groups is 1. The summed E-state index contributed by atoms with van der Waals surface area (Å²) in [5, 5.41) is 5.84. The first kappa shape index (κ1) is 22.2. The topological polar surface area (TPSA) is 79.5 Å². The number of nitrogens with zero attached hydrogens (tertiary/aromatic N) is 1. The fraction of sp³-hybridized carbons (Fsp3) is 0.300. The van der Waals surface area contributed by atoms with E-state index < -0.39 is 23.6 Å². The Morgan fingerprint density at radius 3 is 2.38 bits per heavy atom. The number of guanidine groups is 1. The van der Waals surface area contributed by atoms with Crippen molar-refractivity contribution in [3.63, 3.8) is 0 Å². The molecule has 0 bridgehead atoms. The second-order valence-electron chi connectivity index (χ2n) is 6.43. The van der Waals surface area contributed by atoms with Gasteiger partial charge in [-0.3, -0.25) is 9.79 Å². The molecule has 2 rings (SSSR count). The first-order valence-corrected chi connectivity index (χ1v) is 8.83. The molecule has 1 atom stereocenters. The second-order valence-corrected chi connectivity index (χ2v) is 6.43. The summed E-state index contributed by atoms with van der Waals surface area (Å²) in [4.78, 5) is 15.7. The molecule has 0 fully saturated rings. The Morgan fingerprint density at radius 1 is 1.10 bits per heavy atom. The number of halogens is 4. The molecule has 1 amide bonds. The van der Waals surface area contributed by atoms with Crippen LogP contribution >= 0.6 is 0 Å². The van der Waals surface area contributed by atoms with Crippen molar-refractivity contribution >= 4 is 11.9 Å². The molecule has 0 saturated carbocycles. The number of nitrogens with two attached hydrogens (primary N) is 1. The van der Waals surface area contributed by atoms with Crippen LogP contribution < -0.4 is 16.4 Å². The van der Waals surface area contributed by atoms with Gasteiger partial charge in [-0.1, -0.05) is 24.3 Å². The van der Waals surface area contributed by atoms with Crippen molar-refractivity contribution < 1.29 is 22.4 Å². The van der Waals surface area contributed by atoms with Gasteiger partial charge in [-0.2, -0.15) is 13.2 Å². The summed E-state index contributed by atoms with van der Waals surface area (Å²) >= 11 is 0. The number of alkyl halides is 3. The first-order chi connectivity index (χ1) is 13.7. The lowest BCUT2D eigenvalue weighted by Crippen LogP contribution is -2.42. The quantitative estimate of drug-likeness (QED) is 0.373. The first-order valence-electron chi connectivity index (χ1n) is 8.83. The zero-order valence-corrected chi connectivity index (χ0v) is 15.8. The van der Waals surface area contributed by atoms with Crippen LogP contribution in [0.2, 0.25) is 0 Å². The minimum Gasteiger partial charge on any atom is -0.369 e. The molecule has 29 heavy (non-hydrogen) atoms. The molecule has 1 unspecified atom stereocenters. The van der Waals surface area contributed by atoms with Crippen LogP contribution in [0.4, 0.5) is 17.6 Å². The minimum absolute atomic E-state index is 0.114. The van der Waals surface area contributed by atoms with Crippen molar-refractivity contribution in [2.45, 2.75) is 19.1 Å². The van der Waals surface area contributed by atoms with E-state index in [2.05, 4.69) is 15.6 Å². The number of hydrogen-bond acceptors (Lipinski definition) is 2. The molecule has 2 aromatic carbocycles. The number of rotatable bonds is 7. The number of hydrogen-bond donors (Lipinski definition) is 3. The molecule has 0 heterocycles. The van der Waals surface area contributed by atoms with Crippen LogP contribution in [0.3, 0.4) is 0 Å². The molecule has 0 radical (unpaired) electrons. The highest BCUT2D eigenvalue weighted by atomic mass is 19.4. The third-order valence-electron chi connectivity index (χ3n) is 4.25. The van der Waals surface area contributed by atoms with Crippen LogP contribution in [0.25, 0.3) is 0 Å². The van der Waals surface area contributed by atoms with E-state index in [9.17, 15) is 22.4 Å². The Balaban J connectivity index is 1.93. The van der Waals surface area contributed by atoms with Crippen LogP contribution in [0, 0.1) is 11.7 Å². The van der Waals surface area contributed by atoms with E-state index in [0.29, 0.717) is 17.9 Å². The highest BCUT2D eigenvalue weighted by Crippen LogP contribution is 2.29. The molecule has 0 aliphatic carbocycles. The Kier molecular flexibility index (Phi) is 7.58. The van der Waals surface area contributed by atoms with Crippen molar-refractivity contribution in [3.8, 4) is 0 Å². The summed E-state index contributed by atoms with van der Waals surface area (Å²) in [6.07, 6.45) is -4.10. The van der Waals surface area contributed by atoms with Gasteiger partial charge >= 0.3 is 6.18 Å². The number of nitrogens with one attached hydrogen (secondary N) is 2. The normalized spacial score (nSPS) is 13.1. The van der Waals surface area contributed by atoms with E-state index in [1.165, 1.54) is 25.2 Å². The van der Waals surface area contributed by atoms with Gasteiger partial charge in [0.25, 0.3) is 0 Å². The van der Waals surface area contributed by atoms with Gasteiger partial charge in [-0.25, -0.2) is 4.39 Å². The summed E-state index contributed by atoms with van der Waals surface area (Å²) < 4.78 is 51.4. The van der Waals surface area contributed by atoms with Crippen molar-refractivity contribution in [1.82, 2.24) is 10.6 Å². The van der Waals surface area contributed by atoms with Gasteiger partial charge in [-0.15, -0.1) is 0 Å². The van der Waals surface area contributed by atoms with E-state index in [1.54, 1.807) is 18.2 Å². The van der Waals surface area contributed by atoms with Gasteiger partial charge in [0.2, 0.25) is 5.91 Å². The van der Waals surface area contributed by atoms with Gasteiger partial charge < -0.3 is 16.4 Å². The van der Waals surface area contributed by atoms with E-state index in [-0.39, 0.29) is 18.9 Å². The van der Waals surface area contributed by atoms with Gasteiger partial charge in [0.1, 0.15) is 5.82 Å². The summed E-state index contributed by atoms with van der Waals surface area (Å²) in [5.41, 5.74) is 5.90. The van der Waals surface area contributed by atoms with Gasteiger partial charge in [0.05, 0.1) is 11.5 Å². The SMILES string of the molecule is CN=C(NCc1cccc(C(F)(F)F)c1)NCC(Cc1ccc(F)cc1)C(N)=O. The number of amides is 1. The van der Waals surface area contributed by atoms with Crippen molar-refractivity contribution in [3.05, 3.63) is 71.0 Å². The summed E-state index contributed by atoms with van der Waals surface area (Å²) in [5.74, 6) is -1.17. The smallest absolute Gasteiger partial charge is 0.369 e. The molecular formula is C20H22F4N4O. The summed E-state index contributed by atoms with van der Waals surface area (Å²) in [7, 11) is 1.50. The summed E-state index contributed by atoms with van der Waals surface area (Å²) in [6, 6.07) is 10.7. The third kappa shape index (κ3) is 7.10. The van der Waals surface area contributed by atoms with Crippen LogP contribution in [-0.2, 0) is 23.9 Å². The van der Waals surface area contributed by atoms with E-state index in [4.69, 9.17) is 5.73 Å². The Bertz CT molecular complexity index is 850.